The van der Waals surface area contributed by atoms with Gasteiger partial charge in [-0.1, -0.05) is 12.1 Å². The van der Waals surface area contributed by atoms with Gasteiger partial charge in [-0.15, -0.1) is 12.4 Å². The van der Waals surface area contributed by atoms with E-state index in [1.165, 1.54) is 0 Å². The molecule has 2 unspecified atom stereocenters. The fourth-order valence-corrected chi connectivity index (χ4v) is 3.91. The third-order valence-electron chi connectivity index (χ3n) is 3.68. The number of piperidine rings is 1. The molecule has 0 spiro atoms. The summed E-state index contributed by atoms with van der Waals surface area (Å²) in [5.74, 6) is 0.369. The first kappa shape index (κ1) is 17.4. The SMILES string of the molecule is Cc1cccc(S(=O)(=O)NC(C)C2CCCNC2)c1.Cl. The second-order valence-corrected chi connectivity index (χ2v) is 7.05. The monoisotopic (exact) mass is 318 g/mol. The van der Waals surface area contributed by atoms with Crippen LogP contribution in [0.3, 0.4) is 0 Å². The van der Waals surface area contributed by atoms with E-state index in [2.05, 4.69) is 10.0 Å². The first-order valence-electron chi connectivity index (χ1n) is 6.79. The summed E-state index contributed by atoms with van der Waals surface area (Å²) in [6.07, 6.45) is 2.19. The summed E-state index contributed by atoms with van der Waals surface area (Å²) in [6.45, 7) is 5.77. The van der Waals surface area contributed by atoms with Crippen molar-refractivity contribution in [1.82, 2.24) is 10.0 Å². The molecule has 1 aromatic rings. The summed E-state index contributed by atoms with van der Waals surface area (Å²) >= 11 is 0. The lowest BCUT2D eigenvalue weighted by Gasteiger charge is -2.28. The standard InChI is InChI=1S/C14H22N2O2S.ClH/c1-11-5-3-7-14(9-11)19(17,18)16-12(2)13-6-4-8-15-10-13;/h3,5,7,9,12-13,15-16H,4,6,8,10H2,1-2H3;1H. The molecule has 1 fully saturated rings. The Bertz CT molecular complexity index is 528. The lowest BCUT2D eigenvalue weighted by molar-refractivity contribution is 0.320. The number of nitrogens with one attached hydrogen (secondary N) is 2. The summed E-state index contributed by atoms with van der Waals surface area (Å²) in [5, 5.41) is 3.32. The number of hydrogen-bond donors (Lipinski definition) is 2. The first-order valence-corrected chi connectivity index (χ1v) is 8.27. The molecule has 0 radical (unpaired) electrons. The van der Waals surface area contributed by atoms with Crippen molar-refractivity contribution in [3.8, 4) is 0 Å². The van der Waals surface area contributed by atoms with Gasteiger partial charge in [-0.2, -0.15) is 0 Å². The highest BCUT2D eigenvalue weighted by atomic mass is 35.5. The molecule has 0 aliphatic carbocycles. The Kier molecular flexibility index (Phi) is 6.45. The largest absolute Gasteiger partial charge is 0.316 e. The van der Waals surface area contributed by atoms with Crippen molar-refractivity contribution in [2.24, 2.45) is 5.92 Å². The number of rotatable bonds is 4. The van der Waals surface area contributed by atoms with Gasteiger partial charge in [-0.05, 0) is 63.4 Å². The molecule has 1 heterocycles. The molecular formula is C14H23ClN2O2S. The average Bonchev–Trinajstić information content (AvgIpc) is 2.39. The smallest absolute Gasteiger partial charge is 0.240 e. The molecule has 1 aliphatic heterocycles. The van der Waals surface area contributed by atoms with Crippen molar-refractivity contribution in [1.29, 1.82) is 0 Å². The molecule has 4 nitrogen and oxygen atoms in total. The van der Waals surface area contributed by atoms with Gasteiger partial charge in [0.1, 0.15) is 0 Å². The van der Waals surface area contributed by atoms with Gasteiger partial charge in [0.15, 0.2) is 0 Å². The van der Waals surface area contributed by atoms with E-state index in [-0.39, 0.29) is 18.4 Å². The van der Waals surface area contributed by atoms with E-state index in [1.807, 2.05) is 19.9 Å². The Morgan fingerprint density at radius 2 is 2.15 bits per heavy atom. The molecule has 2 rings (SSSR count). The second kappa shape index (κ2) is 7.41. The maximum atomic E-state index is 12.3. The summed E-state index contributed by atoms with van der Waals surface area (Å²) < 4.78 is 27.4. The van der Waals surface area contributed by atoms with Crippen molar-refractivity contribution in [2.45, 2.75) is 37.6 Å². The Hall–Kier alpha value is -0.620. The van der Waals surface area contributed by atoms with Crippen molar-refractivity contribution in [3.05, 3.63) is 29.8 Å². The van der Waals surface area contributed by atoms with Crippen LogP contribution in [0.15, 0.2) is 29.2 Å². The quantitative estimate of drug-likeness (QED) is 0.893. The maximum Gasteiger partial charge on any atom is 0.240 e. The zero-order valence-electron chi connectivity index (χ0n) is 11.9. The van der Waals surface area contributed by atoms with E-state index in [0.717, 1.165) is 31.5 Å². The zero-order chi connectivity index (χ0) is 13.9. The third kappa shape index (κ3) is 4.45. The lowest BCUT2D eigenvalue weighted by Crippen LogP contribution is -2.44. The van der Waals surface area contributed by atoms with Crippen LogP contribution < -0.4 is 10.0 Å². The van der Waals surface area contributed by atoms with Crippen LogP contribution in [0.1, 0.15) is 25.3 Å². The highest BCUT2D eigenvalue weighted by Crippen LogP contribution is 2.17. The number of hydrogen-bond acceptors (Lipinski definition) is 3. The minimum absolute atomic E-state index is 0. The maximum absolute atomic E-state index is 12.3. The van der Waals surface area contributed by atoms with E-state index in [1.54, 1.807) is 18.2 Å². The Morgan fingerprint density at radius 3 is 2.75 bits per heavy atom. The van der Waals surface area contributed by atoms with Crippen molar-refractivity contribution in [3.63, 3.8) is 0 Å². The van der Waals surface area contributed by atoms with Gasteiger partial charge in [0.05, 0.1) is 4.90 Å². The van der Waals surface area contributed by atoms with Gasteiger partial charge in [-0.3, -0.25) is 0 Å². The molecule has 2 atom stereocenters. The van der Waals surface area contributed by atoms with Gasteiger partial charge in [0, 0.05) is 6.04 Å². The average molecular weight is 319 g/mol. The van der Waals surface area contributed by atoms with Gasteiger partial charge in [-0.25, -0.2) is 13.1 Å². The van der Waals surface area contributed by atoms with Gasteiger partial charge in [0.2, 0.25) is 10.0 Å². The van der Waals surface area contributed by atoms with E-state index in [9.17, 15) is 8.42 Å². The molecule has 0 amide bonds. The number of aryl methyl sites for hydroxylation is 1. The predicted octanol–water partition coefficient (Wildman–Crippen LogP) is 2.08. The fourth-order valence-electron chi connectivity index (χ4n) is 2.50. The summed E-state index contributed by atoms with van der Waals surface area (Å²) in [5.41, 5.74) is 0.954. The third-order valence-corrected chi connectivity index (χ3v) is 5.24. The van der Waals surface area contributed by atoms with Crippen LogP contribution >= 0.6 is 12.4 Å². The van der Waals surface area contributed by atoms with Crippen LogP contribution in [-0.2, 0) is 10.0 Å². The van der Waals surface area contributed by atoms with E-state index >= 15 is 0 Å². The van der Waals surface area contributed by atoms with Crippen LogP contribution in [0.2, 0.25) is 0 Å². The van der Waals surface area contributed by atoms with E-state index < -0.39 is 10.0 Å². The summed E-state index contributed by atoms with van der Waals surface area (Å²) in [7, 11) is -3.41. The second-order valence-electron chi connectivity index (χ2n) is 5.33. The van der Waals surface area contributed by atoms with Gasteiger partial charge in [0.25, 0.3) is 0 Å². The molecule has 1 aromatic carbocycles. The Balaban J connectivity index is 0.00000200. The van der Waals surface area contributed by atoms with Crippen LogP contribution in [-0.4, -0.2) is 27.5 Å². The molecule has 0 saturated carbocycles. The molecule has 114 valence electrons. The van der Waals surface area contributed by atoms with Crippen LogP contribution in [0.4, 0.5) is 0 Å². The predicted molar refractivity (Wildman–Crippen MR) is 83.8 cm³/mol. The molecule has 0 bridgehead atoms. The van der Waals surface area contributed by atoms with Gasteiger partial charge < -0.3 is 5.32 Å². The fraction of sp³-hybridized carbons (Fsp3) is 0.571. The minimum Gasteiger partial charge on any atom is -0.316 e. The number of halogens is 1. The molecule has 20 heavy (non-hydrogen) atoms. The first-order chi connectivity index (χ1) is 8.99. The normalized spacial score (nSPS) is 21.0. The minimum atomic E-state index is -3.41. The van der Waals surface area contributed by atoms with E-state index in [0.29, 0.717) is 10.8 Å². The highest BCUT2D eigenvalue weighted by Gasteiger charge is 2.24. The molecule has 6 heteroatoms. The number of benzene rings is 1. The molecule has 0 aromatic heterocycles. The Morgan fingerprint density at radius 1 is 1.40 bits per heavy atom. The lowest BCUT2D eigenvalue weighted by atomic mass is 9.94. The molecule has 2 N–H and O–H groups in total. The topological polar surface area (TPSA) is 58.2 Å². The van der Waals surface area contributed by atoms with Crippen LogP contribution in [0.5, 0.6) is 0 Å². The van der Waals surface area contributed by atoms with Crippen LogP contribution in [0, 0.1) is 12.8 Å². The van der Waals surface area contributed by atoms with Crippen LogP contribution in [0.25, 0.3) is 0 Å². The number of sulfonamides is 1. The van der Waals surface area contributed by atoms with E-state index in [4.69, 9.17) is 0 Å². The Labute approximate surface area is 127 Å². The highest BCUT2D eigenvalue weighted by molar-refractivity contribution is 7.89. The van der Waals surface area contributed by atoms with Crippen molar-refractivity contribution < 1.29 is 8.42 Å². The van der Waals surface area contributed by atoms with Gasteiger partial charge >= 0.3 is 0 Å². The zero-order valence-corrected chi connectivity index (χ0v) is 13.6. The van der Waals surface area contributed by atoms with Crippen molar-refractivity contribution in [2.75, 3.05) is 13.1 Å². The van der Waals surface area contributed by atoms with Crippen molar-refractivity contribution >= 4 is 22.4 Å². The molecular weight excluding hydrogens is 296 g/mol. The molecule has 1 saturated heterocycles. The summed E-state index contributed by atoms with van der Waals surface area (Å²) in [4.78, 5) is 0.350. The molecule has 1 aliphatic rings. The summed E-state index contributed by atoms with van der Waals surface area (Å²) in [6, 6.07) is 6.97.